The Labute approximate surface area is 99.5 Å². The van der Waals surface area contributed by atoms with Crippen LogP contribution in [-0.2, 0) is 0 Å². The van der Waals surface area contributed by atoms with Gasteiger partial charge in [0.25, 0.3) is 0 Å². The number of carbonyl (C=O) groups is 1. The summed E-state index contributed by atoms with van der Waals surface area (Å²) >= 11 is 1.62. The molecule has 0 fully saturated rings. The molecule has 0 radical (unpaired) electrons. The quantitative estimate of drug-likeness (QED) is 0.740. The van der Waals surface area contributed by atoms with E-state index in [1.54, 1.807) is 11.8 Å². The van der Waals surface area contributed by atoms with Gasteiger partial charge in [0, 0.05) is 15.4 Å². The number of hydrogen-bond acceptors (Lipinski definition) is 2. The fourth-order valence-electron chi connectivity index (χ4n) is 1.48. The largest absolute Gasteiger partial charge is 0.298 e. The van der Waals surface area contributed by atoms with Crippen LogP contribution in [0.5, 0.6) is 0 Å². The van der Waals surface area contributed by atoms with Gasteiger partial charge in [0.15, 0.2) is 6.29 Å². The van der Waals surface area contributed by atoms with E-state index in [2.05, 4.69) is 25.1 Å². The highest BCUT2D eigenvalue weighted by Crippen LogP contribution is 2.29. The molecule has 0 aromatic heterocycles. The molecule has 0 atom stereocenters. The zero-order valence-corrected chi connectivity index (χ0v) is 9.83. The normalized spacial score (nSPS) is 10.1. The van der Waals surface area contributed by atoms with Gasteiger partial charge in [-0.1, -0.05) is 47.7 Å². The molecule has 2 heteroatoms. The molecule has 16 heavy (non-hydrogen) atoms. The number of aryl methyl sites for hydroxylation is 1. The molecule has 0 aliphatic rings. The van der Waals surface area contributed by atoms with Crippen molar-refractivity contribution in [3.05, 3.63) is 59.7 Å². The molecule has 2 aromatic rings. The maximum Gasteiger partial charge on any atom is 0.151 e. The summed E-state index contributed by atoms with van der Waals surface area (Å²) in [7, 11) is 0. The van der Waals surface area contributed by atoms with Crippen LogP contribution in [0.3, 0.4) is 0 Å². The Morgan fingerprint density at radius 3 is 2.62 bits per heavy atom. The maximum absolute atomic E-state index is 10.9. The van der Waals surface area contributed by atoms with Gasteiger partial charge in [-0.25, -0.2) is 0 Å². The summed E-state index contributed by atoms with van der Waals surface area (Å²) in [5.41, 5.74) is 1.97. The Kier molecular flexibility index (Phi) is 3.42. The summed E-state index contributed by atoms with van der Waals surface area (Å²) in [6.07, 6.45) is 0.901. The summed E-state index contributed by atoms with van der Waals surface area (Å²) in [6, 6.07) is 15.9. The molecule has 0 saturated heterocycles. The molecule has 0 aliphatic heterocycles. The molecule has 0 bridgehead atoms. The molecule has 2 rings (SSSR count). The SMILES string of the molecule is Cc1cccc(Sc2ccccc2C=O)c1. The van der Waals surface area contributed by atoms with E-state index in [0.29, 0.717) is 0 Å². The van der Waals surface area contributed by atoms with E-state index in [1.807, 2.05) is 30.3 Å². The van der Waals surface area contributed by atoms with Crippen molar-refractivity contribution in [2.75, 3.05) is 0 Å². The topological polar surface area (TPSA) is 17.1 Å². The maximum atomic E-state index is 10.9. The molecule has 0 heterocycles. The van der Waals surface area contributed by atoms with Crippen LogP contribution in [0.1, 0.15) is 15.9 Å². The van der Waals surface area contributed by atoms with E-state index in [-0.39, 0.29) is 0 Å². The highest BCUT2D eigenvalue weighted by Gasteiger charge is 2.02. The second-order valence-electron chi connectivity index (χ2n) is 3.57. The van der Waals surface area contributed by atoms with E-state index in [9.17, 15) is 4.79 Å². The summed E-state index contributed by atoms with van der Waals surface area (Å²) in [4.78, 5) is 13.0. The van der Waals surface area contributed by atoms with E-state index < -0.39 is 0 Å². The van der Waals surface area contributed by atoms with Crippen LogP contribution in [0.2, 0.25) is 0 Å². The fraction of sp³-hybridized carbons (Fsp3) is 0.0714. The molecule has 0 saturated carbocycles. The van der Waals surface area contributed by atoms with Crippen LogP contribution in [0.15, 0.2) is 58.3 Å². The first-order valence-corrected chi connectivity index (χ1v) is 5.90. The molecule has 0 unspecified atom stereocenters. The van der Waals surface area contributed by atoms with Crippen molar-refractivity contribution < 1.29 is 4.79 Å². The van der Waals surface area contributed by atoms with E-state index in [0.717, 1.165) is 21.6 Å². The first-order chi connectivity index (χ1) is 7.79. The number of aldehydes is 1. The van der Waals surface area contributed by atoms with E-state index in [1.165, 1.54) is 5.56 Å². The van der Waals surface area contributed by atoms with Gasteiger partial charge >= 0.3 is 0 Å². The molecule has 2 aromatic carbocycles. The van der Waals surface area contributed by atoms with Gasteiger partial charge in [-0.2, -0.15) is 0 Å². The third kappa shape index (κ3) is 2.52. The zero-order valence-electron chi connectivity index (χ0n) is 9.01. The highest BCUT2D eigenvalue weighted by atomic mass is 32.2. The van der Waals surface area contributed by atoms with Crippen molar-refractivity contribution in [3.63, 3.8) is 0 Å². The van der Waals surface area contributed by atoms with Crippen molar-refractivity contribution >= 4 is 18.0 Å². The average molecular weight is 228 g/mol. The second-order valence-corrected chi connectivity index (χ2v) is 4.69. The third-order valence-electron chi connectivity index (χ3n) is 2.26. The van der Waals surface area contributed by atoms with Crippen molar-refractivity contribution in [2.24, 2.45) is 0 Å². The van der Waals surface area contributed by atoms with Crippen LogP contribution in [0.4, 0.5) is 0 Å². The molecule has 0 spiro atoms. The van der Waals surface area contributed by atoms with Gasteiger partial charge in [-0.15, -0.1) is 0 Å². The molecule has 0 amide bonds. The lowest BCUT2D eigenvalue weighted by atomic mass is 10.2. The summed E-state index contributed by atoms with van der Waals surface area (Å²) in [5, 5.41) is 0. The first-order valence-electron chi connectivity index (χ1n) is 5.08. The Bertz CT molecular complexity index is 506. The van der Waals surface area contributed by atoms with Crippen LogP contribution in [0, 0.1) is 6.92 Å². The van der Waals surface area contributed by atoms with E-state index in [4.69, 9.17) is 0 Å². The van der Waals surface area contributed by atoms with Crippen molar-refractivity contribution in [1.29, 1.82) is 0 Å². The Morgan fingerprint density at radius 1 is 1.06 bits per heavy atom. The van der Waals surface area contributed by atoms with Gasteiger partial charge < -0.3 is 0 Å². The van der Waals surface area contributed by atoms with Gasteiger partial charge in [0.2, 0.25) is 0 Å². The lowest BCUT2D eigenvalue weighted by molar-refractivity contribution is 0.112. The third-order valence-corrected chi connectivity index (χ3v) is 3.34. The summed E-state index contributed by atoms with van der Waals surface area (Å²) in [5.74, 6) is 0. The average Bonchev–Trinajstić information content (AvgIpc) is 2.30. The second kappa shape index (κ2) is 4.99. The molecular weight excluding hydrogens is 216 g/mol. The first kappa shape index (κ1) is 11.0. The van der Waals surface area contributed by atoms with Gasteiger partial charge in [0.05, 0.1) is 0 Å². The minimum absolute atomic E-state index is 0.744. The number of rotatable bonds is 3. The predicted octanol–water partition coefficient (Wildman–Crippen LogP) is 3.96. The van der Waals surface area contributed by atoms with Crippen molar-refractivity contribution in [3.8, 4) is 0 Å². The Balaban J connectivity index is 2.30. The molecule has 80 valence electrons. The fourth-order valence-corrected chi connectivity index (χ4v) is 2.50. The number of carbonyl (C=O) groups excluding carboxylic acids is 1. The minimum Gasteiger partial charge on any atom is -0.298 e. The van der Waals surface area contributed by atoms with E-state index >= 15 is 0 Å². The van der Waals surface area contributed by atoms with Crippen LogP contribution in [0.25, 0.3) is 0 Å². The Morgan fingerprint density at radius 2 is 1.88 bits per heavy atom. The smallest absolute Gasteiger partial charge is 0.151 e. The lowest BCUT2D eigenvalue weighted by Gasteiger charge is -2.04. The molecular formula is C14H12OS. The Hall–Kier alpha value is -1.54. The summed E-state index contributed by atoms with van der Waals surface area (Å²) in [6.45, 7) is 2.07. The van der Waals surface area contributed by atoms with Crippen molar-refractivity contribution in [1.82, 2.24) is 0 Å². The lowest BCUT2D eigenvalue weighted by Crippen LogP contribution is -1.84. The van der Waals surface area contributed by atoms with Gasteiger partial charge in [0.1, 0.15) is 0 Å². The zero-order chi connectivity index (χ0) is 11.4. The van der Waals surface area contributed by atoms with Crippen LogP contribution < -0.4 is 0 Å². The number of hydrogen-bond donors (Lipinski definition) is 0. The minimum atomic E-state index is 0.744. The van der Waals surface area contributed by atoms with Crippen LogP contribution >= 0.6 is 11.8 Å². The highest BCUT2D eigenvalue weighted by molar-refractivity contribution is 7.99. The summed E-state index contributed by atoms with van der Waals surface area (Å²) < 4.78 is 0. The van der Waals surface area contributed by atoms with Crippen molar-refractivity contribution in [2.45, 2.75) is 16.7 Å². The van der Waals surface area contributed by atoms with Gasteiger partial charge in [-0.05, 0) is 25.1 Å². The predicted molar refractivity (Wildman–Crippen MR) is 67.1 cm³/mol. The van der Waals surface area contributed by atoms with Crippen LogP contribution in [-0.4, -0.2) is 6.29 Å². The molecule has 0 aliphatic carbocycles. The molecule has 1 nitrogen and oxygen atoms in total. The number of benzene rings is 2. The molecule has 0 N–H and O–H groups in total. The standard InChI is InChI=1S/C14H12OS/c1-11-5-4-7-13(9-11)16-14-8-3-2-6-12(14)10-15/h2-10H,1H3. The monoisotopic (exact) mass is 228 g/mol. The van der Waals surface area contributed by atoms with Gasteiger partial charge in [-0.3, -0.25) is 4.79 Å².